The Bertz CT molecular complexity index is 1220. The lowest BCUT2D eigenvalue weighted by Gasteiger charge is -2.14. The molecule has 2 heterocycles. The number of aromatic nitrogens is 4. The van der Waals surface area contributed by atoms with Gasteiger partial charge in [-0.15, -0.1) is 0 Å². The van der Waals surface area contributed by atoms with E-state index in [0.29, 0.717) is 17.6 Å². The summed E-state index contributed by atoms with van der Waals surface area (Å²) in [5, 5.41) is 8.44. The van der Waals surface area contributed by atoms with E-state index < -0.39 is 0 Å². The molecule has 0 spiro atoms. The van der Waals surface area contributed by atoms with Crippen LogP contribution in [0.4, 0.5) is 5.82 Å². The minimum Gasteiger partial charge on any atom is -0.494 e. The van der Waals surface area contributed by atoms with Crippen molar-refractivity contribution in [3.63, 3.8) is 0 Å². The van der Waals surface area contributed by atoms with Gasteiger partial charge in [0.05, 0.1) is 34.8 Å². The third-order valence-corrected chi connectivity index (χ3v) is 5.70. The van der Waals surface area contributed by atoms with E-state index in [4.69, 9.17) is 9.84 Å². The number of nitrogens with one attached hydrogen (secondary N) is 2. The predicted octanol–water partition coefficient (Wildman–Crippen LogP) is 5.18. The molecule has 0 radical (unpaired) electrons. The maximum absolute atomic E-state index is 12.7. The fourth-order valence-corrected chi connectivity index (χ4v) is 3.89. The van der Waals surface area contributed by atoms with Crippen LogP contribution in [0.1, 0.15) is 33.4 Å². The Labute approximate surface area is 191 Å². The third kappa shape index (κ3) is 4.96. The van der Waals surface area contributed by atoms with Gasteiger partial charge in [-0.25, -0.2) is 9.67 Å². The molecule has 0 aliphatic carbocycles. The topological polar surface area (TPSA) is 84.8 Å². The number of fused-ring (bicyclic) bond motifs is 1. The molecule has 7 nitrogen and oxygen atoms in total. The number of nitrogens with zero attached hydrogens (tertiary/aromatic N) is 3. The van der Waals surface area contributed by atoms with Gasteiger partial charge < -0.3 is 15.0 Å². The maximum Gasteiger partial charge on any atom is 0.236 e. The minimum atomic E-state index is -0.136. The Hall–Kier alpha value is -3.26. The first kappa shape index (κ1) is 22.0. The normalized spacial score (nSPS) is 11.6. The second-order valence-electron chi connectivity index (χ2n) is 8.40. The molecule has 0 saturated carbocycles. The highest BCUT2D eigenvalue weighted by Crippen LogP contribution is 2.27. The van der Waals surface area contributed by atoms with Crippen molar-refractivity contribution in [2.24, 2.45) is 0 Å². The van der Waals surface area contributed by atoms with Crippen LogP contribution < -0.4 is 10.1 Å². The van der Waals surface area contributed by atoms with E-state index in [1.165, 1.54) is 11.8 Å². The van der Waals surface area contributed by atoms with Crippen LogP contribution >= 0.6 is 11.8 Å². The highest BCUT2D eigenvalue weighted by Gasteiger charge is 2.21. The van der Waals surface area contributed by atoms with Crippen LogP contribution in [-0.2, 0) is 10.2 Å². The van der Waals surface area contributed by atoms with Gasteiger partial charge >= 0.3 is 0 Å². The summed E-state index contributed by atoms with van der Waals surface area (Å²) >= 11 is 1.36. The van der Waals surface area contributed by atoms with Crippen molar-refractivity contribution in [1.82, 2.24) is 19.7 Å². The minimum absolute atomic E-state index is 0.122. The Kier molecular flexibility index (Phi) is 6.23. The summed E-state index contributed by atoms with van der Waals surface area (Å²) < 4.78 is 7.31. The van der Waals surface area contributed by atoms with Gasteiger partial charge in [0.1, 0.15) is 11.6 Å². The number of ether oxygens (including phenoxy) is 1. The molecule has 166 valence electrons. The second-order valence-corrected chi connectivity index (χ2v) is 9.37. The number of hydrogen-bond acceptors (Lipinski definition) is 5. The number of carbonyl (C=O) groups excluding carboxylic acids is 1. The third-order valence-electron chi connectivity index (χ3n) is 4.83. The van der Waals surface area contributed by atoms with Gasteiger partial charge in [0, 0.05) is 17.5 Å². The van der Waals surface area contributed by atoms with Crippen LogP contribution in [-0.4, -0.2) is 38.0 Å². The number of carbonyl (C=O) groups is 1. The van der Waals surface area contributed by atoms with Crippen molar-refractivity contribution >= 4 is 34.5 Å². The molecule has 4 rings (SSSR count). The molecule has 0 unspecified atom stereocenters. The zero-order valence-electron chi connectivity index (χ0n) is 18.7. The second kappa shape index (κ2) is 9.08. The zero-order valence-corrected chi connectivity index (χ0v) is 19.5. The molecule has 0 bridgehead atoms. The van der Waals surface area contributed by atoms with Crippen LogP contribution in [0.2, 0.25) is 0 Å². The summed E-state index contributed by atoms with van der Waals surface area (Å²) in [5.74, 6) is 1.55. The molecular weight excluding hydrogens is 422 g/mol. The van der Waals surface area contributed by atoms with E-state index in [1.807, 2.05) is 61.5 Å². The number of anilines is 1. The Balaban J connectivity index is 1.48. The summed E-state index contributed by atoms with van der Waals surface area (Å²) in [4.78, 5) is 20.5. The van der Waals surface area contributed by atoms with Crippen molar-refractivity contribution in [1.29, 1.82) is 0 Å². The van der Waals surface area contributed by atoms with Crippen LogP contribution in [0.15, 0.2) is 59.8 Å². The van der Waals surface area contributed by atoms with Crippen molar-refractivity contribution in [3.05, 3.63) is 60.3 Å². The Morgan fingerprint density at radius 1 is 1.16 bits per heavy atom. The molecule has 4 aromatic rings. The van der Waals surface area contributed by atoms with Crippen LogP contribution in [0.5, 0.6) is 5.75 Å². The van der Waals surface area contributed by atoms with Crippen molar-refractivity contribution in [3.8, 4) is 11.4 Å². The van der Waals surface area contributed by atoms with Crippen LogP contribution in [0, 0.1) is 0 Å². The number of imidazole rings is 1. The number of amides is 1. The number of para-hydroxylation sites is 1. The fraction of sp³-hybridized carbons (Fsp3) is 0.292. The van der Waals surface area contributed by atoms with Crippen LogP contribution in [0.25, 0.3) is 16.7 Å². The molecule has 32 heavy (non-hydrogen) atoms. The SMILES string of the molecule is CCOc1ccc2nc(SCC(=O)Nc3cc(C(C)(C)C)nn3-c3ccccc3)[nH]c2c1. The first-order chi connectivity index (χ1) is 15.3. The van der Waals surface area contributed by atoms with Gasteiger partial charge in [-0.2, -0.15) is 5.10 Å². The molecule has 8 heteroatoms. The summed E-state index contributed by atoms with van der Waals surface area (Å²) in [5.41, 5.74) is 3.40. The maximum atomic E-state index is 12.7. The summed E-state index contributed by atoms with van der Waals surface area (Å²) in [6.45, 7) is 8.86. The summed E-state index contributed by atoms with van der Waals surface area (Å²) in [6, 6.07) is 17.5. The van der Waals surface area contributed by atoms with E-state index >= 15 is 0 Å². The molecule has 0 fully saturated rings. The van der Waals surface area contributed by atoms with E-state index in [2.05, 4.69) is 36.1 Å². The standard InChI is InChI=1S/C24H27N5O2S/c1-5-31-17-11-12-18-19(13-17)26-23(25-18)32-15-22(30)27-21-14-20(24(2,3)4)28-29(21)16-9-7-6-8-10-16/h6-14H,5,15H2,1-4H3,(H,25,26)(H,27,30). The Morgan fingerprint density at radius 3 is 2.66 bits per heavy atom. The summed E-state index contributed by atoms with van der Waals surface area (Å²) in [7, 11) is 0. The Morgan fingerprint density at radius 2 is 1.94 bits per heavy atom. The van der Waals surface area contributed by atoms with Gasteiger partial charge in [-0.1, -0.05) is 50.7 Å². The molecule has 2 aromatic carbocycles. The monoisotopic (exact) mass is 449 g/mol. The van der Waals surface area contributed by atoms with Crippen molar-refractivity contribution < 1.29 is 9.53 Å². The number of H-pyrrole nitrogens is 1. The van der Waals surface area contributed by atoms with Gasteiger partial charge in [-0.05, 0) is 31.2 Å². The number of aromatic amines is 1. The molecule has 0 aliphatic heterocycles. The first-order valence-electron chi connectivity index (χ1n) is 10.5. The molecule has 2 N–H and O–H groups in total. The highest BCUT2D eigenvalue weighted by molar-refractivity contribution is 7.99. The highest BCUT2D eigenvalue weighted by atomic mass is 32.2. The van der Waals surface area contributed by atoms with Gasteiger partial charge in [0.25, 0.3) is 0 Å². The van der Waals surface area contributed by atoms with E-state index in [9.17, 15) is 4.79 Å². The van der Waals surface area contributed by atoms with E-state index in [1.54, 1.807) is 4.68 Å². The number of thioether (sulfide) groups is 1. The molecule has 0 aliphatic rings. The lowest BCUT2D eigenvalue weighted by atomic mass is 9.92. The van der Waals surface area contributed by atoms with Crippen LogP contribution in [0.3, 0.4) is 0 Å². The largest absolute Gasteiger partial charge is 0.494 e. The molecular formula is C24H27N5O2S. The predicted molar refractivity (Wildman–Crippen MR) is 129 cm³/mol. The lowest BCUT2D eigenvalue weighted by molar-refractivity contribution is -0.113. The van der Waals surface area contributed by atoms with Crippen molar-refractivity contribution in [2.45, 2.75) is 38.3 Å². The van der Waals surface area contributed by atoms with Gasteiger partial charge in [0.2, 0.25) is 5.91 Å². The molecule has 0 saturated heterocycles. The molecule has 2 aromatic heterocycles. The lowest BCUT2D eigenvalue weighted by Crippen LogP contribution is -2.17. The van der Waals surface area contributed by atoms with E-state index in [-0.39, 0.29) is 17.1 Å². The molecule has 1 amide bonds. The van der Waals surface area contributed by atoms with Gasteiger partial charge in [-0.3, -0.25) is 4.79 Å². The summed E-state index contributed by atoms with van der Waals surface area (Å²) in [6.07, 6.45) is 0. The number of hydrogen-bond donors (Lipinski definition) is 2. The van der Waals surface area contributed by atoms with Crippen molar-refractivity contribution in [2.75, 3.05) is 17.7 Å². The smallest absolute Gasteiger partial charge is 0.236 e. The van der Waals surface area contributed by atoms with E-state index in [0.717, 1.165) is 28.2 Å². The average Bonchev–Trinajstić information content (AvgIpc) is 3.37. The number of rotatable bonds is 7. The molecule has 0 atom stereocenters. The fourth-order valence-electron chi connectivity index (χ4n) is 3.21. The zero-order chi connectivity index (χ0) is 22.7. The first-order valence-corrected chi connectivity index (χ1v) is 11.5. The number of benzene rings is 2. The quantitative estimate of drug-likeness (QED) is 0.380. The van der Waals surface area contributed by atoms with Gasteiger partial charge in [0.15, 0.2) is 5.16 Å². The average molecular weight is 450 g/mol.